The van der Waals surface area contributed by atoms with Crippen LogP contribution in [0.1, 0.15) is 30.9 Å². The molecule has 1 amide bonds. The molecule has 24 heavy (non-hydrogen) atoms. The van der Waals surface area contributed by atoms with Crippen LogP contribution in [0.15, 0.2) is 30.3 Å². The zero-order valence-corrected chi connectivity index (χ0v) is 14.2. The van der Waals surface area contributed by atoms with Gasteiger partial charge in [-0.05, 0) is 49.5 Å². The Bertz CT molecular complexity index is 587. The van der Waals surface area contributed by atoms with E-state index in [-0.39, 0.29) is 30.3 Å². The molecular weight excluding hydrogens is 341 g/mol. The summed E-state index contributed by atoms with van der Waals surface area (Å²) in [5.74, 6) is 0.0856. The highest BCUT2D eigenvalue weighted by Crippen LogP contribution is 2.29. The highest BCUT2D eigenvalue weighted by molar-refractivity contribution is 5.91. The number of carbonyl (C=O) groups excluding carboxylic acids is 1. The van der Waals surface area contributed by atoms with E-state index in [1.165, 1.54) is 18.2 Å². The number of amides is 1. The summed E-state index contributed by atoms with van der Waals surface area (Å²) in [5, 5.41) is 0. The average molecular weight is 363 g/mol. The molecule has 1 saturated heterocycles. The first-order chi connectivity index (χ1) is 10.8. The Morgan fingerprint density at radius 1 is 1.42 bits per heavy atom. The number of rotatable bonds is 3. The predicted molar refractivity (Wildman–Crippen MR) is 90.7 cm³/mol. The van der Waals surface area contributed by atoms with Crippen LogP contribution in [0, 0.1) is 5.92 Å². The van der Waals surface area contributed by atoms with Crippen LogP contribution in [-0.2, 0) is 11.0 Å². The molecule has 1 aliphatic rings. The molecule has 1 heterocycles. The average Bonchev–Trinajstić information content (AvgIpc) is 2.52. The largest absolute Gasteiger partial charge is 0.416 e. The fourth-order valence-corrected chi connectivity index (χ4v) is 2.73. The van der Waals surface area contributed by atoms with E-state index in [2.05, 4.69) is 0 Å². The lowest BCUT2D eigenvalue weighted by molar-refractivity contribution is -0.137. The summed E-state index contributed by atoms with van der Waals surface area (Å²) in [7, 11) is 0. The first kappa shape index (κ1) is 20.5. The van der Waals surface area contributed by atoms with Crippen molar-refractivity contribution in [2.45, 2.75) is 32.0 Å². The van der Waals surface area contributed by atoms with Gasteiger partial charge in [-0.2, -0.15) is 13.2 Å². The van der Waals surface area contributed by atoms with E-state index in [0.717, 1.165) is 25.0 Å². The predicted octanol–water partition coefficient (Wildman–Crippen LogP) is 3.73. The Kier molecular flexibility index (Phi) is 7.29. The lowest BCUT2D eigenvalue weighted by Crippen LogP contribution is -2.44. The molecule has 0 spiro atoms. The van der Waals surface area contributed by atoms with Crippen LogP contribution >= 0.6 is 12.4 Å². The minimum atomic E-state index is -4.38. The van der Waals surface area contributed by atoms with Crippen molar-refractivity contribution in [3.8, 4) is 0 Å². The molecule has 2 unspecified atom stereocenters. The van der Waals surface area contributed by atoms with Gasteiger partial charge < -0.3 is 10.6 Å². The number of likely N-dealkylation sites (tertiary alicyclic amines) is 1. The van der Waals surface area contributed by atoms with E-state index >= 15 is 0 Å². The van der Waals surface area contributed by atoms with Crippen molar-refractivity contribution < 1.29 is 18.0 Å². The lowest BCUT2D eigenvalue weighted by Gasteiger charge is -2.34. The quantitative estimate of drug-likeness (QED) is 0.833. The van der Waals surface area contributed by atoms with E-state index in [0.29, 0.717) is 18.7 Å². The maximum absolute atomic E-state index is 12.7. The molecule has 0 bridgehead atoms. The molecule has 1 aromatic carbocycles. The third-order valence-electron chi connectivity index (χ3n) is 4.15. The van der Waals surface area contributed by atoms with Gasteiger partial charge in [0.25, 0.3) is 0 Å². The van der Waals surface area contributed by atoms with Crippen LogP contribution in [0.2, 0.25) is 0 Å². The van der Waals surface area contributed by atoms with Crippen molar-refractivity contribution in [3.63, 3.8) is 0 Å². The number of hydrogen-bond acceptors (Lipinski definition) is 2. The van der Waals surface area contributed by atoms with Crippen LogP contribution in [0.3, 0.4) is 0 Å². The first-order valence-electron chi connectivity index (χ1n) is 7.67. The monoisotopic (exact) mass is 362 g/mol. The van der Waals surface area contributed by atoms with Crippen molar-refractivity contribution >= 4 is 24.4 Å². The van der Waals surface area contributed by atoms with Crippen molar-refractivity contribution in [1.82, 2.24) is 4.90 Å². The fourth-order valence-electron chi connectivity index (χ4n) is 2.73. The van der Waals surface area contributed by atoms with E-state index < -0.39 is 11.7 Å². The third kappa shape index (κ3) is 5.53. The van der Waals surface area contributed by atoms with E-state index in [1.807, 2.05) is 6.92 Å². The zero-order chi connectivity index (χ0) is 17.0. The molecule has 2 rings (SSSR count). The maximum Gasteiger partial charge on any atom is 0.416 e. The Morgan fingerprint density at radius 2 is 2.12 bits per heavy atom. The van der Waals surface area contributed by atoms with Gasteiger partial charge in [0, 0.05) is 25.2 Å². The molecule has 134 valence electrons. The number of carbonyl (C=O) groups is 1. The van der Waals surface area contributed by atoms with Crippen LogP contribution < -0.4 is 5.73 Å². The highest BCUT2D eigenvalue weighted by atomic mass is 35.5. The van der Waals surface area contributed by atoms with Crippen molar-refractivity contribution in [1.29, 1.82) is 0 Å². The smallest absolute Gasteiger partial charge is 0.339 e. The van der Waals surface area contributed by atoms with Gasteiger partial charge in [-0.1, -0.05) is 12.1 Å². The summed E-state index contributed by atoms with van der Waals surface area (Å²) in [5.41, 5.74) is 5.52. The number of halogens is 4. The van der Waals surface area contributed by atoms with Gasteiger partial charge in [0.1, 0.15) is 0 Å². The summed E-state index contributed by atoms with van der Waals surface area (Å²) < 4.78 is 38.0. The summed E-state index contributed by atoms with van der Waals surface area (Å²) >= 11 is 0. The van der Waals surface area contributed by atoms with Crippen molar-refractivity contribution in [2.75, 3.05) is 13.1 Å². The van der Waals surface area contributed by atoms with Gasteiger partial charge in [0.15, 0.2) is 0 Å². The molecule has 7 heteroatoms. The topological polar surface area (TPSA) is 46.3 Å². The Morgan fingerprint density at radius 3 is 2.75 bits per heavy atom. The van der Waals surface area contributed by atoms with Gasteiger partial charge in [0.05, 0.1) is 5.56 Å². The molecule has 1 aliphatic heterocycles. The Balaban J connectivity index is 0.00000288. The Labute approximate surface area is 146 Å². The number of benzene rings is 1. The molecule has 3 nitrogen and oxygen atoms in total. The Hall–Kier alpha value is -1.53. The highest BCUT2D eigenvalue weighted by Gasteiger charge is 2.30. The molecule has 0 radical (unpaired) electrons. The SMILES string of the molecule is CC(N)C1CCCN(C(=O)/C=C/c2cccc(C(F)(F)F)c2)C1.Cl. The van der Waals surface area contributed by atoms with Crippen LogP contribution in [-0.4, -0.2) is 29.9 Å². The molecule has 0 saturated carbocycles. The summed E-state index contributed by atoms with van der Waals surface area (Å²) in [6, 6.07) is 4.94. The van der Waals surface area contributed by atoms with Crippen LogP contribution in [0.5, 0.6) is 0 Å². The summed E-state index contributed by atoms with van der Waals surface area (Å²) in [6.07, 6.45) is 0.269. The van der Waals surface area contributed by atoms with Crippen molar-refractivity contribution in [3.05, 3.63) is 41.5 Å². The number of alkyl halides is 3. The number of nitrogens with two attached hydrogens (primary N) is 1. The standard InChI is InChI=1S/C17H21F3N2O.ClH/c1-12(21)14-5-3-9-22(11-14)16(23)8-7-13-4-2-6-15(10-13)17(18,19)20;/h2,4,6-8,10,12,14H,3,5,9,11,21H2,1H3;1H/b8-7+;. The zero-order valence-electron chi connectivity index (χ0n) is 13.4. The second kappa shape index (κ2) is 8.53. The fraction of sp³-hybridized carbons (Fsp3) is 0.471. The third-order valence-corrected chi connectivity index (χ3v) is 4.15. The van der Waals surface area contributed by atoms with Crippen LogP contribution in [0.4, 0.5) is 13.2 Å². The second-order valence-electron chi connectivity index (χ2n) is 6.00. The molecule has 2 N–H and O–H groups in total. The van der Waals surface area contributed by atoms with E-state index in [4.69, 9.17) is 5.73 Å². The summed E-state index contributed by atoms with van der Waals surface area (Å²) in [6.45, 7) is 3.19. The molecule has 0 aromatic heterocycles. The molecule has 0 aliphatic carbocycles. The molecule has 2 atom stereocenters. The molecule has 1 fully saturated rings. The molecular formula is C17H22ClF3N2O. The minimum absolute atomic E-state index is 0. The minimum Gasteiger partial charge on any atom is -0.339 e. The molecule has 1 aromatic rings. The first-order valence-corrected chi connectivity index (χ1v) is 7.67. The van der Waals surface area contributed by atoms with Gasteiger partial charge in [-0.15, -0.1) is 12.4 Å². The van der Waals surface area contributed by atoms with E-state index in [1.54, 1.807) is 11.0 Å². The number of piperidine rings is 1. The lowest BCUT2D eigenvalue weighted by atomic mass is 9.92. The van der Waals surface area contributed by atoms with Gasteiger partial charge in [-0.25, -0.2) is 0 Å². The van der Waals surface area contributed by atoms with Crippen LogP contribution in [0.25, 0.3) is 6.08 Å². The van der Waals surface area contributed by atoms with E-state index in [9.17, 15) is 18.0 Å². The number of hydrogen-bond donors (Lipinski definition) is 1. The van der Waals surface area contributed by atoms with Crippen molar-refractivity contribution in [2.24, 2.45) is 11.7 Å². The van der Waals surface area contributed by atoms with Gasteiger partial charge in [0.2, 0.25) is 5.91 Å². The summed E-state index contributed by atoms with van der Waals surface area (Å²) in [4.78, 5) is 13.9. The van der Waals surface area contributed by atoms with Gasteiger partial charge in [-0.3, -0.25) is 4.79 Å². The number of nitrogens with zero attached hydrogens (tertiary/aromatic N) is 1. The normalized spacial score (nSPS) is 19.9. The van der Waals surface area contributed by atoms with Gasteiger partial charge >= 0.3 is 6.18 Å². The second-order valence-corrected chi connectivity index (χ2v) is 6.00. The maximum atomic E-state index is 12.7.